The maximum atomic E-state index is 14.7. The van der Waals surface area contributed by atoms with Crippen LogP contribution in [0.5, 0.6) is 0 Å². The molecule has 3 aromatic heterocycles. The standard InChI is InChI=1S/C23H15ClFN5O/c24-17-9-14(3-4-16(17)22(26)31)19-5-6-20-23(29-19)30(12-28-20)11-15-8-13-2-1-7-27-21(13)10-18(15)25/h1-10,12H,11H2,(H2,26,31). The average molecular weight is 432 g/mol. The highest BCUT2D eigenvalue weighted by Crippen LogP contribution is 2.26. The molecular weight excluding hydrogens is 417 g/mol. The molecule has 0 bridgehead atoms. The van der Waals surface area contributed by atoms with Crippen molar-refractivity contribution >= 4 is 39.6 Å². The number of pyridine rings is 2. The Bertz CT molecular complexity index is 1480. The van der Waals surface area contributed by atoms with Gasteiger partial charge in [0.15, 0.2) is 5.65 Å². The number of carbonyl (C=O) groups excluding carboxylic acids is 1. The summed E-state index contributed by atoms with van der Waals surface area (Å²) in [4.78, 5) is 24.7. The van der Waals surface area contributed by atoms with Crippen LogP contribution in [0, 0.1) is 5.82 Å². The molecule has 5 rings (SSSR count). The molecule has 31 heavy (non-hydrogen) atoms. The number of hydrogen-bond donors (Lipinski definition) is 1. The van der Waals surface area contributed by atoms with Crippen molar-refractivity contribution < 1.29 is 9.18 Å². The van der Waals surface area contributed by atoms with Crippen molar-refractivity contribution in [3.63, 3.8) is 0 Å². The van der Waals surface area contributed by atoms with Crippen molar-refractivity contribution in [1.82, 2.24) is 19.5 Å². The van der Waals surface area contributed by atoms with Crippen LogP contribution in [-0.2, 0) is 6.54 Å². The predicted molar refractivity (Wildman–Crippen MR) is 117 cm³/mol. The number of aromatic nitrogens is 4. The van der Waals surface area contributed by atoms with Crippen molar-refractivity contribution in [2.45, 2.75) is 6.54 Å². The fourth-order valence-corrected chi connectivity index (χ4v) is 3.81. The second kappa shape index (κ2) is 7.45. The fraction of sp³-hybridized carbons (Fsp3) is 0.0435. The minimum absolute atomic E-state index is 0.248. The molecule has 0 spiro atoms. The number of imidazole rings is 1. The van der Waals surface area contributed by atoms with Crippen LogP contribution in [0.25, 0.3) is 33.3 Å². The van der Waals surface area contributed by atoms with E-state index in [1.807, 2.05) is 24.3 Å². The maximum Gasteiger partial charge on any atom is 0.250 e. The maximum absolute atomic E-state index is 14.7. The third kappa shape index (κ3) is 3.49. The Balaban J connectivity index is 1.55. The van der Waals surface area contributed by atoms with Crippen molar-refractivity contribution in [2.75, 3.05) is 0 Å². The van der Waals surface area contributed by atoms with E-state index in [9.17, 15) is 9.18 Å². The van der Waals surface area contributed by atoms with Crippen molar-refractivity contribution in [3.05, 3.63) is 89.1 Å². The third-order valence-corrected chi connectivity index (χ3v) is 5.42. The van der Waals surface area contributed by atoms with Gasteiger partial charge in [0.05, 0.1) is 34.7 Å². The Morgan fingerprint density at radius 3 is 2.74 bits per heavy atom. The molecule has 0 radical (unpaired) electrons. The smallest absolute Gasteiger partial charge is 0.250 e. The van der Waals surface area contributed by atoms with Gasteiger partial charge in [0.25, 0.3) is 0 Å². The van der Waals surface area contributed by atoms with Crippen LogP contribution >= 0.6 is 11.6 Å². The van der Waals surface area contributed by atoms with Gasteiger partial charge in [-0.05, 0) is 36.4 Å². The van der Waals surface area contributed by atoms with Gasteiger partial charge in [-0.25, -0.2) is 14.4 Å². The Kier molecular flexibility index (Phi) is 4.60. The number of primary amides is 1. The number of carbonyl (C=O) groups is 1. The molecule has 2 N–H and O–H groups in total. The highest BCUT2D eigenvalue weighted by atomic mass is 35.5. The van der Waals surface area contributed by atoms with E-state index in [1.54, 1.807) is 41.4 Å². The van der Waals surface area contributed by atoms with Crippen LogP contribution in [0.3, 0.4) is 0 Å². The number of nitrogens with two attached hydrogens (primary N) is 1. The summed E-state index contributed by atoms with van der Waals surface area (Å²) in [5, 5.41) is 1.12. The van der Waals surface area contributed by atoms with Gasteiger partial charge < -0.3 is 10.3 Å². The van der Waals surface area contributed by atoms with E-state index in [-0.39, 0.29) is 22.9 Å². The second-order valence-corrected chi connectivity index (χ2v) is 7.52. The van der Waals surface area contributed by atoms with Gasteiger partial charge in [-0.2, -0.15) is 0 Å². The molecule has 152 valence electrons. The number of rotatable bonds is 4. The molecule has 5 aromatic rings. The van der Waals surface area contributed by atoms with Gasteiger partial charge >= 0.3 is 0 Å². The number of fused-ring (bicyclic) bond motifs is 2. The van der Waals surface area contributed by atoms with Crippen molar-refractivity contribution in [3.8, 4) is 11.3 Å². The lowest BCUT2D eigenvalue weighted by Crippen LogP contribution is -2.11. The molecule has 2 aromatic carbocycles. The number of amides is 1. The van der Waals surface area contributed by atoms with Crippen LogP contribution in [0.2, 0.25) is 5.02 Å². The van der Waals surface area contributed by atoms with E-state index >= 15 is 0 Å². The van der Waals surface area contributed by atoms with Crippen LogP contribution < -0.4 is 5.73 Å². The lowest BCUT2D eigenvalue weighted by molar-refractivity contribution is 0.100. The molecule has 0 fully saturated rings. The van der Waals surface area contributed by atoms with E-state index in [2.05, 4.69) is 9.97 Å². The molecule has 0 aliphatic rings. The van der Waals surface area contributed by atoms with Gasteiger partial charge in [-0.15, -0.1) is 0 Å². The predicted octanol–water partition coefficient (Wildman–Crippen LogP) is 4.59. The zero-order valence-electron chi connectivity index (χ0n) is 16.1. The van der Waals surface area contributed by atoms with Crippen molar-refractivity contribution in [2.24, 2.45) is 5.73 Å². The Labute approximate surface area is 181 Å². The van der Waals surface area contributed by atoms with Crippen LogP contribution in [0.15, 0.2) is 67.1 Å². The largest absolute Gasteiger partial charge is 0.366 e. The Morgan fingerprint density at radius 1 is 1.06 bits per heavy atom. The van der Waals surface area contributed by atoms with E-state index in [4.69, 9.17) is 22.3 Å². The summed E-state index contributed by atoms with van der Waals surface area (Å²) in [7, 11) is 0. The topological polar surface area (TPSA) is 86.7 Å². The van der Waals surface area contributed by atoms with Gasteiger partial charge in [0.2, 0.25) is 5.91 Å². The molecule has 6 nitrogen and oxygen atoms in total. The summed E-state index contributed by atoms with van der Waals surface area (Å²) in [6, 6.07) is 15.5. The summed E-state index contributed by atoms with van der Waals surface area (Å²) in [5.41, 5.74) is 9.36. The van der Waals surface area contributed by atoms with Gasteiger partial charge in [-0.1, -0.05) is 23.7 Å². The fourth-order valence-electron chi connectivity index (χ4n) is 3.54. The normalized spacial score (nSPS) is 11.3. The molecule has 8 heteroatoms. The first-order valence-corrected chi connectivity index (χ1v) is 9.82. The number of nitrogens with zero attached hydrogens (tertiary/aromatic N) is 4. The molecule has 0 aliphatic heterocycles. The minimum Gasteiger partial charge on any atom is -0.366 e. The van der Waals surface area contributed by atoms with Crippen LogP contribution in [0.4, 0.5) is 4.39 Å². The van der Waals surface area contributed by atoms with Crippen molar-refractivity contribution in [1.29, 1.82) is 0 Å². The highest BCUT2D eigenvalue weighted by molar-refractivity contribution is 6.34. The summed E-state index contributed by atoms with van der Waals surface area (Å²) in [5.74, 6) is -0.927. The molecule has 0 saturated carbocycles. The monoisotopic (exact) mass is 431 g/mol. The number of halogens is 2. The van der Waals surface area contributed by atoms with E-state index in [1.165, 1.54) is 6.07 Å². The van der Waals surface area contributed by atoms with Crippen LogP contribution in [-0.4, -0.2) is 25.4 Å². The van der Waals surface area contributed by atoms with E-state index < -0.39 is 5.91 Å². The lowest BCUT2D eigenvalue weighted by atomic mass is 10.1. The lowest BCUT2D eigenvalue weighted by Gasteiger charge is -2.09. The summed E-state index contributed by atoms with van der Waals surface area (Å²) in [6.07, 6.45) is 3.27. The number of hydrogen-bond acceptors (Lipinski definition) is 4. The molecular formula is C23H15ClFN5O. The molecule has 0 unspecified atom stereocenters. The molecule has 0 aliphatic carbocycles. The molecule has 1 amide bonds. The summed E-state index contributed by atoms with van der Waals surface area (Å²) >= 11 is 6.18. The molecule has 0 saturated heterocycles. The second-order valence-electron chi connectivity index (χ2n) is 7.11. The Morgan fingerprint density at radius 2 is 1.94 bits per heavy atom. The quantitative estimate of drug-likeness (QED) is 0.451. The zero-order chi connectivity index (χ0) is 21.5. The average Bonchev–Trinajstić information content (AvgIpc) is 3.16. The first kappa shape index (κ1) is 19.1. The summed E-state index contributed by atoms with van der Waals surface area (Å²) < 4.78 is 16.4. The zero-order valence-corrected chi connectivity index (χ0v) is 16.8. The summed E-state index contributed by atoms with van der Waals surface area (Å²) in [6.45, 7) is 0.269. The highest BCUT2D eigenvalue weighted by Gasteiger charge is 2.13. The first-order chi connectivity index (χ1) is 15.0. The number of benzene rings is 2. The SMILES string of the molecule is NC(=O)c1ccc(-c2ccc3ncn(Cc4cc5cccnc5cc4F)c3n2)cc1Cl. The Hall–Kier alpha value is -3.84. The van der Waals surface area contributed by atoms with Gasteiger partial charge in [-0.3, -0.25) is 9.78 Å². The first-order valence-electron chi connectivity index (χ1n) is 9.44. The molecule has 3 heterocycles. The third-order valence-electron chi connectivity index (χ3n) is 5.10. The minimum atomic E-state index is -0.592. The van der Waals surface area contributed by atoms with Crippen LogP contribution in [0.1, 0.15) is 15.9 Å². The molecule has 0 atom stereocenters. The van der Waals surface area contributed by atoms with Gasteiger partial charge in [0.1, 0.15) is 11.3 Å². The van der Waals surface area contributed by atoms with E-state index in [0.29, 0.717) is 27.9 Å². The van der Waals surface area contributed by atoms with E-state index in [0.717, 1.165) is 10.9 Å². The van der Waals surface area contributed by atoms with Gasteiger partial charge in [0, 0.05) is 28.8 Å².